The molecule has 0 spiro atoms. The van der Waals surface area contributed by atoms with Crippen LogP contribution >= 0.6 is 0 Å². The Morgan fingerprint density at radius 1 is 1.00 bits per heavy atom. The van der Waals surface area contributed by atoms with Crippen LogP contribution in [0.5, 0.6) is 0 Å². The molecule has 2 rings (SSSR count). The molecular formula is C12H12N2S. The van der Waals surface area contributed by atoms with Crippen LogP contribution in [0.15, 0.2) is 40.8 Å². The smallest absolute Gasteiger partial charge is 0.0849 e. The van der Waals surface area contributed by atoms with Crippen LogP contribution in [0.3, 0.4) is 0 Å². The lowest BCUT2D eigenvalue weighted by atomic mass is 10.1. The number of fused-ring (bicyclic) bond motifs is 1. The third-order valence-corrected chi connectivity index (χ3v) is 2.65. The van der Waals surface area contributed by atoms with Crippen molar-refractivity contribution < 1.29 is 0 Å². The van der Waals surface area contributed by atoms with Gasteiger partial charge in [-0.2, -0.15) is 4.36 Å². The van der Waals surface area contributed by atoms with Gasteiger partial charge in [0, 0.05) is 43.0 Å². The molecule has 0 heterocycles. The fourth-order valence-electron chi connectivity index (χ4n) is 1.74. The first kappa shape index (κ1) is 10.1. The molecule has 0 aliphatic carbocycles. The normalized spacial score (nSPS) is 10.3. The van der Waals surface area contributed by atoms with Crippen LogP contribution in [0.1, 0.15) is 0 Å². The summed E-state index contributed by atoms with van der Waals surface area (Å²) in [4.78, 5) is 2.09. The Bertz CT molecular complexity index is 506. The molecule has 0 unspecified atom stereocenters. The lowest BCUT2D eigenvalue weighted by molar-refractivity contribution is 1.14. The Hall–Kier alpha value is -1.48. The molecule has 0 aliphatic heterocycles. The molecule has 0 saturated carbocycles. The van der Waals surface area contributed by atoms with E-state index in [4.69, 9.17) is 12.4 Å². The third-order valence-electron chi connectivity index (χ3n) is 2.46. The van der Waals surface area contributed by atoms with Gasteiger partial charge in [0.1, 0.15) is 0 Å². The zero-order valence-electron chi connectivity index (χ0n) is 8.77. The van der Waals surface area contributed by atoms with Crippen LogP contribution in [-0.2, 0) is 12.4 Å². The zero-order valence-corrected chi connectivity index (χ0v) is 9.58. The Kier molecular flexibility index (Phi) is 2.64. The molecule has 0 saturated heterocycles. The van der Waals surface area contributed by atoms with E-state index >= 15 is 0 Å². The van der Waals surface area contributed by atoms with Crippen LogP contribution < -0.4 is 4.90 Å². The van der Waals surface area contributed by atoms with E-state index in [0.717, 1.165) is 11.1 Å². The van der Waals surface area contributed by atoms with Crippen LogP contribution in [0.4, 0.5) is 11.4 Å². The van der Waals surface area contributed by atoms with Crippen molar-refractivity contribution in [1.82, 2.24) is 0 Å². The molecule has 0 fully saturated rings. The summed E-state index contributed by atoms with van der Waals surface area (Å²) < 4.78 is 3.86. The molecule has 0 aliphatic rings. The molecule has 0 radical (unpaired) electrons. The van der Waals surface area contributed by atoms with Crippen molar-refractivity contribution in [2.75, 3.05) is 19.0 Å². The Morgan fingerprint density at radius 2 is 1.67 bits per heavy atom. The quantitative estimate of drug-likeness (QED) is 0.765. The summed E-state index contributed by atoms with van der Waals surface area (Å²) in [6, 6.07) is 12.2. The highest BCUT2D eigenvalue weighted by Crippen LogP contribution is 2.32. The fourth-order valence-corrected chi connectivity index (χ4v) is 1.90. The van der Waals surface area contributed by atoms with E-state index in [2.05, 4.69) is 15.3 Å². The predicted molar refractivity (Wildman–Crippen MR) is 67.7 cm³/mol. The second-order valence-corrected chi connectivity index (χ2v) is 3.82. The van der Waals surface area contributed by atoms with Gasteiger partial charge >= 0.3 is 0 Å². The summed E-state index contributed by atoms with van der Waals surface area (Å²) in [6.07, 6.45) is 0. The topological polar surface area (TPSA) is 15.6 Å². The number of nitrogens with zero attached hydrogens (tertiary/aromatic N) is 2. The van der Waals surface area contributed by atoms with Crippen molar-refractivity contribution in [1.29, 1.82) is 0 Å². The molecule has 3 heteroatoms. The van der Waals surface area contributed by atoms with Crippen molar-refractivity contribution in [3.8, 4) is 0 Å². The fraction of sp³-hybridized carbons (Fsp3) is 0.167. The van der Waals surface area contributed by atoms with Crippen molar-refractivity contribution in [2.24, 2.45) is 4.36 Å². The van der Waals surface area contributed by atoms with Gasteiger partial charge < -0.3 is 4.90 Å². The summed E-state index contributed by atoms with van der Waals surface area (Å²) in [5.74, 6) is 0. The number of hydrogen-bond acceptors (Lipinski definition) is 3. The molecule has 2 aromatic carbocycles. The minimum Gasteiger partial charge on any atom is -0.377 e. The summed E-state index contributed by atoms with van der Waals surface area (Å²) in [5.41, 5.74) is 2.05. The second kappa shape index (κ2) is 3.95. The highest BCUT2D eigenvalue weighted by Gasteiger charge is 2.05. The van der Waals surface area contributed by atoms with Crippen molar-refractivity contribution >= 4 is 34.6 Å². The van der Waals surface area contributed by atoms with Crippen LogP contribution in [0.2, 0.25) is 0 Å². The third kappa shape index (κ3) is 1.70. The molecule has 15 heavy (non-hydrogen) atoms. The van der Waals surface area contributed by atoms with Gasteiger partial charge in [-0.05, 0) is 12.1 Å². The van der Waals surface area contributed by atoms with Crippen LogP contribution in [-0.4, -0.2) is 14.1 Å². The monoisotopic (exact) mass is 216 g/mol. The molecule has 0 atom stereocenters. The Morgan fingerprint density at radius 3 is 2.27 bits per heavy atom. The van der Waals surface area contributed by atoms with Crippen molar-refractivity contribution in [3.05, 3.63) is 36.4 Å². The largest absolute Gasteiger partial charge is 0.377 e. The SMILES string of the molecule is CN(C)c1ccc(N=S)c2ccccc12. The minimum absolute atomic E-state index is 0.867. The highest BCUT2D eigenvalue weighted by molar-refractivity contribution is 7.47. The van der Waals surface area contributed by atoms with Crippen LogP contribution in [0.25, 0.3) is 10.8 Å². The summed E-state index contributed by atoms with van der Waals surface area (Å²) in [5, 5.41) is 2.30. The first-order valence-electron chi connectivity index (χ1n) is 4.76. The van der Waals surface area contributed by atoms with E-state index in [1.807, 2.05) is 44.4 Å². The van der Waals surface area contributed by atoms with Crippen LogP contribution in [0, 0.1) is 0 Å². The van der Waals surface area contributed by atoms with E-state index < -0.39 is 0 Å². The maximum absolute atomic E-state index is 4.77. The number of hydrogen-bond donors (Lipinski definition) is 0. The van der Waals surface area contributed by atoms with Gasteiger partial charge in [0.2, 0.25) is 0 Å². The van der Waals surface area contributed by atoms with E-state index in [0.29, 0.717) is 0 Å². The maximum Gasteiger partial charge on any atom is 0.0849 e. The first-order chi connectivity index (χ1) is 7.24. The van der Waals surface area contributed by atoms with E-state index in [9.17, 15) is 0 Å². The van der Waals surface area contributed by atoms with E-state index in [1.165, 1.54) is 11.1 Å². The highest BCUT2D eigenvalue weighted by atomic mass is 32.1. The van der Waals surface area contributed by atoms with Gasteiger partial charge in [-0.1, -0.05) is 24.3 Å². The lowest BCUT2D eigenvalue weighted by Gasteiger charge is -2.15. The summed E-state index contributed by atoms with van der Waals surface area (Å²) in [6.45, 7) is 0. The minimum atomic E-state index is 0.867. The number of anilines is 1. The van der Waals surface area contributed by atoms with Gasteiger partial charge in [0.05, 0.1) is 5.69 Å². The Balaban J connectivity index is 2.83. The molecule has 2 aromatic rings. The molecule has 76 valence electrons. The zero-order chi connectivity index (χ0) is 10.8. The van der Waals surface area contributed by atoms with Gasteiger partial charge in [-0.3, -0.25) is 0 Å². The predicted octanol–water partition coefficient (Wildman–Crippen LogP) is 3.27. The number of benzene rings is 2. The molecule has 0 N–H and O–H groups in total. The van der Waals surface area contributed by atoms with Gasteiger partial charge in [-0.15, -0.1) is 0 Å². The molecular weight excluding hydrogens is 204 g/mol. The van der Waals surface area contributed by atoms with E-state index in [-0.39, 0.29) is 0 Å². The van der Waals surface area contributed by atoms with E-state index in [1.54, 1.807) is 0 Å². The molecule has 0 amide bonds. The summed E-state index contributed by atoms with van der Waals surface area (Å²) >= 11 is 4.77. The van der Waals surface area contributed by atoms with Gasteiger partial charge in [-0.25, -0.2) is 0 Å². The average molecular weight is 216 g/mol. The number of rotatable bonds is 2. The maximum atomic E-state index is 4.77. The lowest BCUT2D eigenvalue weighted by Crippen LogP contribution is -2.08. The molecule has 0 aromatic heterocycles. The average Bonchev–Trinajstić information content (AvgIpc) is 2.27. The van der Waals surface area contributed by atoms with Crippen molar-refractivity contribution in [3.63, 3.8) is 0 Å². The first-order valence-corrected chi connectivity index (χ1v) is 5.13. The molecule has 0 bridgehead atoms. The van der Waals surface area contributed by atoms with Gasteiger partial charge in [0.15, 0.2) is 0 Å². The second-order valence-electron chi connectivity index (χ2n) is 3.64. The van der Waals surface area contributed by atoms with Crippen molar-refractivity contribution in [2.45, 2.75) is 0 Å². The molecule has 2 nitrogen and oxygen atoms in total. The van der Waals surface area contributed by atoms with Gasteiger partial charge in [0.25, 0.3) is 0 Å². The summed E-state index contributed by atoms with van der Waals surface area (Å²) in [7, 11) is 4.07. The standard InChI is InChI=1S/C12H12N2S/c1-14(2)12-8-7-11(13-15)9-5-3-4-6-10(9)12/h3-8H,1-2H3. The Labute approximate surface area is 94.7 Å².